The Bertz CT molecular complexity index is 784. The minimum Gasteiger partial charge on any atom is -0.399 e. The molecule has 9 heteroatoms. The van der Waals surface area contributed by atoms with Crippen molar-refractivity contribution in [2.45, 2.75) is 88.0 Å². The molecule has 150 valence electrons. The van der Waals surface area contributed by atoms with Gasteiger partial charge in [0.15, 0.2) is 0 Å². The van der Waals surface area contributed by atoms with Crippen LogP contribution < -0.4 is 10.2 Å². The number of hydrogen-bond acceptors (Lipinski definition) is 6. The molecule has 0 radical (unpaired) electrons. The molecule has 0 spiro atoms. The van der Waals surface area contributed by atoms with E-state index in [1.807, 2.05) is 27.7 Å². The van der Waals surface area contributed by atoms with E-state index in [1.165, 1.54) is 6.20 Å². The molecule has 0 amide bonds. The highest BCUT2D eigenvalue weighted by Gasteiger charge is 2.52. The van der Waals surface area contributed by atoms with E-state index >= 15 is 0 Å². The maximum atomic E-state index is 12.8. The standard InChI is InChI=1S/C18H29BN2O5S/c1-16(2)17(3,4)26-19(25-16)13-10-15(12-20-11-13)27(23,24)21-14-6-8-18(5,22)9-7-14/h10-12,14,21-22H,6-9H2,1-5H3. The Hall–Kier alpha value is -0.995. The minimum absolute atomic E-state index is 0.0899. The second kappa shape index (κ2) is 6.81. The third-order valence-corrected chi connectivity index (χ3v) is 7.44. The van der Waals surface area contributed by atoms with Gasteiger partial charge in [0.1, 0.15) is 0 Å². The highest BCUT2D eigenvalue weighted by molar-refractivity contribution is 7.89. The number of nitrogens with one attached hydrogen (secondary N) is 1. The van der Waals surface area contributed by atoms with Crippen LogP contribution in [0.3, 0.4) is 0 Å². The van der Waals surface area contributed by atoms with Crippen LogP contribution in [0.5, 0.6) is 0 Å². The Balaban J connectivity index is 1.75. The van der Waals surface area contributed by atoms with Crippen molar-refractivity contribution >= 4 is 22.6 Å². The summed E-state index contributed by atoms with van der Waals surface area (Å²) in [7, 11) is -4.38. The predicted octanol–water partition coefficient (Wildman–Crippen LogP) is 1.35. The first-order valence-electron chi connectivity index (χ1n) is 9.37. The van der Waals surface area contributed by atoms with Crippen LogP contribution in [0.25, 0.3) is 0 Å². The monoisotopic (exact) mass is 396 g/mol. The van der Waals surface area contributed by atoms with E-state index in [-0.39, 0.29) is 10.9 Å². The number of pyridine rings is 1. The molecular weight excluding hydrogens is 367 g/mol. The summed E-state index contributed by atoms with van der Waals surface area (Å²) in [5.74, 6) is 0. The van der Waals surface area contributed by atoms with Gasteiger partial charge in [0, 0.05) is 23.9 Å². The average Bonchev–Trinajstić information content (AvgIpc) is 2.78. The summed E-state index contributed by atoms with van der Waals surface area (Å²) in [6.07, 6.45) is 5.26. The zero-order valence-electron chi connectivity index (χ0n) is 16.7. The molecule has 0 unspecified atom stereocenters. The van der Waals surface area contributed by atoms with Crippen LogP contribution in [0.4, 0.5) is 0 Å². The molecule has 1 saturated heterocycles. The Kier molecular flexibility index (Phi) is 5.23. The van der Waals surface area contributed by atoms with Gasteiger partial charge < -0.3 is 14.4 Å². The van der Waals surface area contributed by atoms with Crippen molar-refractivity contribution in [2.24, 2.45) is 0 Å². The first kappa shape index (κ1) is 20.7. The Labute approximate surface area is 162 Å². The third kappa shape index (κ3) is 4.37. The number of aliphatic hydroxyl groups is 1. The fraction of sp³-hybridized carbons (Fsp3) is 0.722. The van der Waals surface area contributed by atoms with E-state index in [0.29, 0.717) is 31.1 Å². The van der Waals surface area contributed by atoms with Crippen molar-refractivity contribution in [3.63, 3.8) is 0 Å². The van der Waals surface area contributed by atoms with E-state index in [1.54, 1.807) is 19.2 Å². The number of rotatable bonds is 4. The van der Waals surface area contributed by atoms with E-state index in [4.69, 9.17) is 9.31 Å². The van der Waals surface area contributed by atoms with Crippen molar-refractivity contribution in [2.75, 3.05) is 0 Å². The van der Waals surface area contributed by atoms with Crippen LogP contribution >= 0.6 is 0 Å². The summed E-state index contributed by atoms with van der Waals surface area (Å²) in [5, 5.41) is 10.0. The maximum absolute atomic E-state index is 12.8. The highest BCUT2D eigenvalue weighted by Crippen LogP contribution is 2.36. The molecule has 0 bridgehead atoms. The molecule has 27 heavy (non-hydrogen) atoms. The molecule has 2 fully saturated rings. The summed E-state index contributed by atoms with van der Waals surface area (Å²) >= 11 is 0. The van der Waals surface area contributed by atoms with Crippen LogP contribution in [0.1, 0.15) is 60.3 Å². The Morgan fingerprint density at radius 2 is 1.67 bits per heavy atom. The predicted molar refractivity (Wildman–Crippen MR) is 103 cm³/mol. The molecule has 1 saturated carbocycles. The molecule has 2 aliphatic rings. The van der Waals surface area contributed by atoms with Crippen molar-refractivity contribution in [3.05, 3.63) is 18.5 Å². The third-order valence-electron chi connectivity index (χ3n) is 5.95. The lowest BCUT2D eigenvalue weighted by Gasteiger charge is -2.33. The summed E-state index contributed by atoms with van der Waals surface area (Å²) in [6, 6.07) is 1.37. The highest BCUT2D eigenvalue weighted by atomic mass is 32.2. The van der Waals surface area contributed by atoms with Crippen LogP contribution in [0.15, 0.2) is 23.4 Å². The molecule has 2 heterocycles. The zero-order valence-corrected chi connectivity index (χ0v) is 17.5. The van der Waals surface area contributed by atoms with Crippen molar-refractivity contribution < 1.29 is 22.8 Å². The summed E-state index contributed by atoms with van der Waals surface area (Å²) < 4.78 is 40.3. The van der Waals surface area contributed by atoms with Gasteiger partial charge in [-0.1, -0.05) is 0 Å². The van der Waals surface area contributed by atoms with Gasteiger partial charge in [-0.15, -0.1) is 0 Å². The normalized spacial score (nSPS) is 30.4. The second-order valence-electron chi connectivity index (χ2n) is 8.93. The maximum Gasteiger partial charge on any atom is 0.496 e. The molecule has 1 aliphatic heterocycles. The average molecular weight is 396 g/mol. The van der Waals surface area contributed by atoms with Gasteiger partial charge in [0.2, 0.25) is 10.0 Å². The zero-order chi connectivity index (χ0) is 20.1. The summed E-state index contributed by atoms with van der Waals surface area (Å²) in [4.78, 5) is 4.18. The lowest BCUT2D eigenvalue weighted by atomic mass is 9.80. The molecular formula is C18H29BN2O5S. The summed E-state index contributed by atoms with van der Waals surface area (Å²) in [5.41, 5.74) is -1.16. The lowest BCUT2D eigenvalue weighted by molar-refractivity contribution is 0.00578. The van der Waals surface area contributed by atoms with Crippen LogP contribution in [-0.2, 0) is 19.3 Å². The molecule has 0 atom stereocenters. The van der Waals surface area contributed by atoms with E-state index < -0.39 is 33.9 Å². The lowest BCUT2D eigenvalue weighted by Crippen LogP contribution is -2.42. The second-order valence-corrected chi connectivity index (χ2v) is 10.6. The topological polar surface area (TPSA) is 97.8 Å². The van der Waals surface area contributed by atoms with Crippen LogP contribution in [-0.4, -0.2) is 48.5 Å². The molecule has 2 N–H and O–H groups in total. The van der Waals surface area contributed by atoms with Gasteiger partial charge in [-0.2, -0.15) is 0 Å². The van der Waals surface area contributed by atoms with Gasteiger partial charge in [-0.3, -0.25) is 4.98 Å². The van der Waals surface area contributed by atoms with Crippen molar-refractivity contribution in [1.82, 2.24) is 9.71 Å². The summed E-state index contributed by atoms with van der Waals surface area (Å²) in [6.45, 7) is 9.57. The molecule has 3 rings (SSSR count). The fourth-order valence-electron chi connectivity index (χ4n) is 3.34. The largest absolute Gasteiger partial charge is 0.496 e. The van der Waals surface area contributed by atoms with Gasteiger partial charge in [-0.25, -0.2) is 13.1 Å². The first-order valence-corrected chi connectivity index (χ1v) is 10.9. The van der Waals surface area contributed by atoms with Crippen LogP contribution in [0.2, 0.25) is 0 Å². The number of sulfonamides is 1. The number of aromatic nitrogens is 1. The number of nitrogens with zero attached hydrogens (tertiary/aromatic N) is 1. The first-order chi connectivity index (χ1) is 12.3. The quantitative estimate of drug-likeness (QED) is 0.746. The Morgan fingerprint density at radius 1 is 1.11 bits per heavy atom. The van der Waals surface area contributed by atoms with E-state index in [2.05, 4.69) is 9.71 Å². The minimum atomic E-state index is -3.71. The van der Waals surface area contributed by atoms with E-state index in [9.17, 15) is 13.5 Å². The molecule has 1 aliphatic carbocycles. The SMILES string of the molecule is CC1(O)CCC(NS(=O)(=O)c2cncc(B3OC(C)(C)C(C)(C)O3)c2)CC1. The number of hydrogen-bond donors (Lipinski definition) is 2. The Morgan fingerprint density at radius 3 is 2.22 bits per heavy atom. The van der Waals surface area contributed by atoms with Crippen molar-refractivity contribution in [1.29, 1.82) is 0 Å². The van der Waals surface area contributed by atoms with E-state index in [0.717, 1.165) is 0 Å². The van der Waals surface area contributed by atoms with Gasteiger partial charge in [-0.05, 0) is 66.4 Å². The molecule has 7 nitrogen and oxygen atoms in total. The van der Waals surface area contributed by atoms with Crippen molar-refractivity contribution in [3.8, 4) is 0 Å². The fourth-order valence-corrected chi connectivity index (χ4v) is 4.64. The van der Waals surface area contributed by atoms with Gasteiger partial charge in [0.05, 0.1) is 21.7 Å². The smallest absolute Gasteiger partial charge is 0.399 e. The van der Waals surface area contributed by atoms with Crippen LogP contribution in [0, 0.1) is 0 Å². The molecule has 1 aromatic heterocycles. The molecule has 1 aromatic rings. The van der Waals surface area contributed by atoms with Gasteiger partial charge >= 0.3 is 7.12 Å². The van der Waals surface area contributed by atoms with Gasteiger partial charge in [0.25, 0.3) is 0 Å². The molecule has 0 aromatic carbocycles.